The number of nitrogens with one attached hydrogen (secondary N) is 1. The average molecular weight is 289 g/mol. The van der Waals surface area contributed by atoms with Gasteiger partial charge >= 0.3 is 5.97 Å². The Balaban J connectivity index is 2.37. The highest BCUT2D eigenvalue weighted by molar-refractivity contribution is 6.03. The van der Waals surface area contributed by atoms with Crippen molar-refractivity contribution in [3.63, 3.8) is 0 Å². The van der Waals surface area contributed by atoms with Crippen molar-refractivity contribution in [1.82, 2.24) is 4.98 Å². The van der Waals surface area contributed by atoms with Gasteiger partial charge in [0.05, 0.1) is 23.6 Å². The molecule has 0 spiro atoms. The molecule has 0 saturated heterocycles. The second-order valence-electron chi connectivity index (χ2n) is 5.34. The number of ether oxygens (including phenoxy) is 1. The molecule has 1 aromatic carbocycles. The van der Waals surface area contributed by atoms with Crippen molar-refractivity contribution < 1.29 is 13.9 Å². The average Bonchev–Trinajstić information content (AvgIpc) is 2.71. The maximum absolute atomic E-state index is 13.7. The summed E-state index contributed by atoms with van der Waals surface area (Å²) in [7, 11) is 1.22. The highest BCUT2D eigenvalue weighted by atomic mass is 19.1. The molecular formula is C16H16FNO3. The minimum Gasteiger partial charge on any atom is -0.465 e. The minimum atomic E-state index is -0.696. The monoisotopic (exact) mass is 289 g/mol. The molecule has 0 atom stereocenters. The second kappa shape index (κ2) is 5.31. The highest BCUT2D eigenvalue weighted by Gasteiger charge is 2.20. The van der Waals surface area contributed by atoms with E-state index in [0.717, 1.165) is 43.0 Å². The van der Waals surface area contributed by atoms with Crippen molar-refractivity contribution in [3.05, 3.63) is 45.0 Å². The molecule has 0 fully saturated rings. The second-order valence-corrected chi connectivity index (χ2v) is 5.34. The maximum Gasteiger partial charge on any atom is 0.338 e. The molecule has 1 N–H and O–H groups in total. The zero-order valence-electron chi connectivity index (χ0n) is 11.8. The van der Waals surface area contributed by atoms with Crippen molar-refractivity contribution >= 4 is 16.9 Å². The Bertz CT molecular complexity index is 779. The lowest BCUT2D eigenvalue weighted by Gasteiger charge is -2.11. The molecule has 5 heteroatoms. The van der Waals surface area contributed by atoms with E-state index in [9.17, 15) is 14.0 Å². The predicted molar refractivity (Wildman–Crippen MR) is 77.1 cm³/mol. The van der Waals surface area contributed by atoms with Gasteiger partial charge in [0.2, 0.25) is 0 Å². The fourth-order valence-electron chi connectivity index (χ4n) is 3.01. The zero-order chi connectivity index (χ0) is 15.0. The Hall–Kier alpha value is -2.17. The van der Waals surface area contributed by atoms with Gasteiger partial charge in [-0.1, -0.05) is 6.42 Å². The summed E-state index contributed by atoms with van der Waals surface area (Å²) >= 11 is 0. The molecule has 21 heavy (non-hydrogen) atoms. The fourth-order valence-corrected chi connectivity index (χ4v) is 3.01. The molecule has 4 nitrogen and oxygen atoms in total. The van der Waals surface area contributed by atoms with Crippen molar-refractivity contribution in [1.29, 1.82) is 0 Å². The topological polar surface area (TPSA) is 59.2 Å². The molecule has 1 aliphatic rings. The van der Waals surface area contributed by atoms with E-state index in [0.29, 0.717) is 11.9 Å². The lowest BCUT2D eigenvalue weighted by atomic mass is 10.0. The summed E-state index contributed by atoms with van der Waals surface area (Å²) in [5, 5.41) is 0.226. The van der Waals surface area contributed by atoms with Crippen LogP contribution in [0.5, 0.6) is 0 Å². The van der Waals surface area contributed by atoms with E-state index in [1.165, 1.54) is 13.2 Å². The first-order valence-electron chi connectivity index (χ1n) is 7.07. The summed E-state index contributed by atoms with van der Waals surface area (Å²) in [6, 6.07) is 2.32. The number of benzene rings is 1. The molecule has 0 saturated carbocycles. The van der Waals surface area contributed by atoms with Crippen LogP contribution < -0.4 is 5.43 Å². The molecular weight excluding hydrogens is 273 g/mol. The summed E-state index contributed by atoms with van der Waals surface area (Å²) in [5.41, 5.74) is 1.76. The van der Waals surface area contributed by atoms with E-state index in [1.54, 1.807) is 0 Å². The molecule has 0 radical (unpaired) electrons. The summed E-state index contributed by atoms with van der Waals surface area (Å²) in [6.07, 6.45) is 4.50. The summed E-state index contributed by atoms with van der Waals surface area (Å²) in [5.74, 6) is -1.26. The highest BCUT2D eigenvalue weighted by Crippen LogP contribution is 2.23. The molecule has 110 valence electrons. The quantitative estimate of drug-likeness (QED) is 0.648. The Morgan fingerprint density at radius 1 is 1.24 bits per heavy atom. The Morgan fingerprint density at radius 2 is 2.00 bits per heavy atom. The number of H-pyrrole nitrogens is 1. The van der Waals surface area contributed by atoms with Gasteiger partial charge in [0, 0.05) is 11.3 Å². The van der Waals surface area contributed by atoms with Crippen LogP contribution in [0.15, 0.2) is 16.9 Å². The third kappa shape index (κ3) is 2.33. The Labute approximate surface area is 120 Å². The van der Waals surface area contributed by atoms with E-state index >= 15 is 0 Å². The third-order valence-corrected chi connectivity index (χ3v) is 4.01. The van der Waals surface area contributed by atoms with E-state index in [2.05, 4.69) is 9.72 Å². The van der Waals surface area contributed by atoms with Gasteiger partial charge < -0.3 is 9.72 Å². The van der Waals surface area contributed by atoms with Crippen LogP contribution in [-0.4, -0.2) is 18.1 Å². The number of hydrogen-bond acceptors (Lipinski definition) is 3. The van der Waals surface area contributed by atoms with Crippen LogP contribution in [0.25, 0.3) is 10.9 Å². The van der Waals surface area contributed by atoms with Crippen LogP contribution in [0.3, 0.4) is 0 Å². The number of aromatic nitrogens is 1. The third-order valence-electron chi connectivity index (χ3n) is 4.01. The smallest absolute Gasteiger partial charge is 0.338 e. The number of carbonyl (C=O) groups excluding carboxylic acids is 1. The van der Waals surface area contributed by atoms with Crippen molar-refractivity contribution in [2.24, 2.45) is 0 Å². The van der Waals surface area contributed by atoms with Gasteiger partial charge in [-0.25, -0.2) is 9.18 Å². The van der Waals surface area contributed by atoms with Gasteiger partial charge in [0.25, 0.3) is 0 Å². The molecule has 0 bridgehead atoms. The number of aryl methyl sites for hydroxylation is 1. The summed E-state index contributed by atoms with van der Waals surface area (Å²) in [4.78, 5) is 27.7. The number of methoxy groups -OCH3 is 1. The van der Waals surface area contributed by atoms with Gasteiger partial charge in [0.1, 0.15) is 5.82 Å². The first-order chi connectivity index (χ1) is 10.1. The number of halogens is 1. The van der Waals surface area contributed by atoms with Crippen LogP contribution in [0.4, 0.5) is 4.39 Å². The largest absolute Gasteiger partial charge is 0.465 e. The minimum absolute atomic E-state index is 0.0132. The lowest BCUT2D eigenvalue weighted by Crippen LogP contribution is -2.18. The number of rotatable bonds is 1. The number of fused-ring (bicyclic) bond motifs is 2. The number of hydrogen-bond donors (Lipinski definition) is 1. The lowest BCUT2D eigenvalue weighted by molar-refractivity contribution is 0.0602. The van der Waals surface area contributed by atoms with Crippen LogP contribution in [0.2, 0.25) is 0 Å². The van der Waals surface area contributed by atoms with E-state index in [4.69, 9.17) is 0 Å². The SMILES string of the molecule is COC(=O)c1cc(F)cc2[nH]c3c(c(=O)c12)CCCCC3. The summed E-state index contributed by atoms with van der Waals surface area (Å²) < 4.78 is 18.4. The molecule has 1 heterocycles. The van der Waals surface area contributed by atoms with Gasteiger partial charge in [0.15, 0.2) is 5.43 Å². The molecule has 1 aromatic heterocycles. The van der Waals surface area contributed by atoms with Gasteiger partial charge in [-0.3, -0.25) is 4.79 Å². The van der Waals surface area contributed by atoms with Gasteiger partial charge in [-0.05, 0) is 37.8 Å². The van der Waals surface area contributed by atoms with Crippen LogP contribution in [0.1, 0.15) is 40.9 Å². The predicted octanol–water partition coefficient (Wildman–Crippen LogP) is 2.72. The molecule has 2 aromatic rings. The summed E-state index contributed by atoms with van der Waals surface area (Å²) in [6.45, 7) is 0. The first kappa shape index (κ1) is 13.8. The Morgan fingerprint density at radius 3 is 2.76 bits per heavy atom. The first-order valence-corrected chi connectivity index (χ1v) is 7.07. The van der Waals surface area contributed by atoms with Crippen molar-refractivity contribution in [3.8, 4) is 0 Å². The zero-order valence-corrected chi connectivity index (χ0v) is 11.8. The van der Waals surface area contributed by atoms with E-state index in [1.807, 2.05) is 0 Å². The van der Waals surface area contributed by atoms with E-state index in [-0.39, 0.29) is 16.4 Å². The molecule has 3 rings (SSSR count). The van der Waals surface area contributed by atoms with Crippen LogP contribution >= 0.6 is 0 Å². The van der Waals surface area contributed by atoms with Gasteiger partial charge in [-0.2, -0.15) is 0 Å². The van der Waals surface area contributed by atoms with Crippen molar-refractivity contribution in [2.45, 2.75) is 32.1 Å². The van der Waals surface area contributed by atoms with E-state index < -0.39 is 11.8 Å². The number of pyridine rings is 1. The van der Waals surface area contributed by atoms with Crippen LogP contribution in [0, 0.1) is 5.82 Å². The Kier molecular flexibility index (Phi) is 3.49. The molecule has 1 aliphatic carbocycles. The van der Waals surface area contributed by atoms with Gasteiger partial charge in [-0.15, -0.1) is 0 Å². The van der Waals surface area contributed by atoms with Crippen molar-refractivity contribution in [2.75, 3.05) is 7.11 Å². The maximum atomic E-state index is 13.7. The standard InChI is InChI=1S/C16H16FNO3/c1-21-16(20)11-7-9(17)8-13-14(11)15(19)10-5-3-2-4-6-12(10)18-13/h7-8H,2-6H2,1H3,(H,18,19). The normalized spacial score (nSPS) is 14.6. The molecule has 0 amide bonds. The van der Waals surface area contributed by atoms with Crippen LogP contribution in [-0.2, 0) is 17.6 Å². The number of aromatic amines is 1. The number of carbonyl (C=O) groups is 1. The fraction of sp³-hybridized carbons (Fsp3) is 0.375. The molecule has 0 aliphatic heterocycles. The molecule has 0 unspecified atom stereocenters. The number of esters is 1.